The molecule has 8 heteroatoms. The number of aryl methyl sites for hydroxylation is 1. The maximum Gasteiger partial charge on any atom is 0.275 e. The summed E-state index contributed by atoms with van der Waals surface area (Å²) >= 11 is 3.25. The predicted octanol–water partition coefficient (Wildman–Crippen LogP) is 3.33. The first-order chi connectivity index (χ1) is 9.79. The number of carbonyl (C=O) groups excluding carboxylic acids is 1. The maximum absolute atomic E-state index is 12.1. The number of anilines is 1. The summed E-state index contributed by atoms with van der Waals surface area (Å²) in [5.74, 6) is -0.396. The molecule has 21 heavy (non-hydrogen) atoms. The van der Waals surface area contributed by atoms with Crippen LogP contribution in [0, 0.1) is 6.92 Å². The summed E-state index contributed by atoms with van der Waals surface area (Å²) < 4.78 is 23.1. The van der Waals surface area contributed by atoms with E-state index in [4.69, 9.17) is 10.7 Å². The van der Waals surface area contributed by atoms with Gasteiger partial charge in [-0.25, -0.2) is 13.4 Å². The minimum atomic E-state index is -3.79. The second-order valence-electron chi connectivity index (χ2n) is 4.20. The van der Waals surface area contributed by atoms with E-state index in [1.54, 1.807) is 19.1 Å². The molecule has 0 bridgehead atoms. The Bertz CT molecular complexity index is 809. The molecule has 1 aromatic heterocycles. The van der Waals surface area contributed by atoms with Crippen LogP contribution in [0.2, 0.25) is 0 Å². The van der Waals surface area contributed by atoms with Gasteiger partial charge in [0, 0.05) is 27.0 Å². The van der Waals surface area contributed by atoms with Crippen LogP contribution in [-0.2, 0) is 9.05 Å². The summed E-state index contributed by atoms with van der Waals surface area (Å²) in [7, 11) is 1.48. The van der Waals surface area contributed by atoms with Gasteiger partial charge >= 0.3 is 0 Å². The highest BCUT2D eigenvalue weighted by Gasteiger charge is 2.15. The van der Waals surface area contributed by atoms with E-state index >= 15 is 0 Å². The van der Waals surface area contributed by atoms with Gasteiger partial charge in [0.2, 0.25) is 0 Å². The Morgan fingerprint density at radius 1 is 1.33 bits per heavy atom. The molecule has 1 aromatic carbocycles. The summed E-state index contributed by atoms with van der Waals surface area (Å²) in [6.45, 7) is 1.68. The summed E-state index contributed by atoms with van der Waals surface area (Å²) in [5, 5.41) is 2.68. The summed E-state index contributed by atoms with van der Waals surface area (Å²) in [4.78, 5) is 16.1. The fourth-order valence-electron chi connectivity index (χ4n) is 1.66. The van der Waals surface area contributed by atoms with Gasteiger partial charge < -0.3 is 5.32 Å². The third kappa shape index (κ3) is 3.81. The molecule has 110 valence electrons. The van der Waals surface area contributed by atoms with E-state index in [1.165, 1.54) is 24.4 Å². The maximum atomic E-state index is 12.1. The van der Waals surface area contributed by atoms with Crippen molar-refractivity contribution in [2.45, 2.75) is 11.8 Å². The lowest BCUT2D eigenvalue weighted by Crippen LogP contribution is -2.15. The van der Waals surface area contributed by atoms with Crippen molar-refractivity contribution in [2.24, 2.45) is 0 Å². The molecule has 0 atom stereocenters. The van der Waals surface area contributed by atoms with Crippen molar-refractivity contribution in [1.29, 1.82) is 0 Å². The first-order valence-corrected chi connectivity index (χ1v) is 8.86. The first-order valence-electron chi connectivity index (χ1n) is 5.76. The number of benzene rings is 1. The van der Waals surface area contributed by atoms with E-state index < -0.39 is 15.0 Å². The Balaban J connectivity index is 2.29. The zero-order valence-corrected chi connectivity index (χ0v) is 14.0. The standard InChI is InChI=1S/C13H10BrClN2O3S/c1-8-7-9(21(15,19)20)4-5-11(8)17-13(18)12-10(14)3-2-6-16-12/h2-7H,1H3,(H,17,18). The van der Waals surface area contributed by atoms with Gasteiger partial charge in [0.05, 0.1) is 4.90 Å². The highest BCUT2D eigenvalue weighted by Crippen LogP contribution is 2.23. The molecule has 1 amide bonds. The van der Waals surface area contributed by atoms with E-state index in [2.05, 4.69) is 26.2 Å². The van der Waals surface area contributed by atoms with E-state index in [0.717, 1.165) is 0 Å². The normalized spacial score (nSPS) is 11.2. The monoisotopic (exact) mass is 388 g/mol. The molecule has 0 fully saturated rings. The molecule has 5 nitrogen and oxygen atoms in total. The minimum absolute atomic E-state index is 0.0151. The molecule has 0 saturated carbocycles. The van der Waals surface area contributed by atoms with Gasteiger partial charge in [-0.15, -0.1) is 0 Å². The van der Waals surface area contributed by atoms with Crippen LogP contribution >= 0.6 is 26.6 Å². The van der Waals surface area contributed by atoms with Crippen LogP contribution in [0.15, 0.2) is 45.9 Å². The fourth-order valence-corrected chi connectivity index (χ4v) is 2.93. The average Bonchev–Trinajstić information content (AvgIpc) is 2.40. The third-order valence-electron chi connectivity index (χ3n) is 2.70. The van der Waals surface area contributed by atoms with Gasteiger partial charge in [0.25, 0.3) is 15.0 Å². The molecule has 0 aliphatic rings. The van der Waals surface area contributed by atoms with Crippen LogP contribution in [0.3, 0.4) is 0 Å². The van der Waals surface area contributed by atoms with Crippen LogP contribution in [0.1, 0.15) is 16.1 Å². The van der Waals surface area contributed by atoms with Crippen molar-refractivity contribution in [1.82, 2.24) is 4.98 Å². The molecule has 1 N–H and O–H groups in total. The van der Waals surface area contributed by atoms with Gasteiger partial charge in [0.1, 0.15) is 5.69 Å². The largest absolute Gasteiger partial charge is 0.320 e. The second-order valence-corrected chi connectivity index (χ2v) is 7.62. The van der Waals surface area contributed by atoms with Crippen molar-refractivity contribution in [3.8, 4) is 0 Å². The molecule has 2 aromatic rings. The van der Waals surface area contributed by atoms with E-state index in [9.17, 15) is 13.2 Å². The minimum Gasteiger partial charge on any atom is -0.320 e. The van der Waals surface area contributed by atoms with Crippen LogP contribution in [0.25, 0.3) is 0 Å². The topological polar surface area (TPSA) is 76.1 Å². The lowest BCUT2D eigenvalue weighted by molar-refractivity contribution is 0.102. The molecule has 2 rings (SSSR count). The van der Waals surface area contributed by atoms with Gasteiger partial charge in [0.15, 0.2) is 0 Å². The van der Waals surface area contributed by atoms with Crippen molar-refractivity contribution in [2.75, 3.05) is 5.32 Å². The summed E-state index contributed by atoms with van der Waals surface area (Å²) in [5.41, 5.74) is 1.31. The Hall–Kier alpha value is -1.44. The Labute approximate surface area is 134 Å². The van der Waals surface area contributed by atoms with Gasteiger partial charge in [-0.2, -0.15) is 0 Å². The van der Waals surface area contributed by atoms with E-state index in [0.29, 0.717) is 15.7 Å². The second kappa shape index (κ2) is 6.13. The summed E-state index contributed by atoms with van der Waals surface area (Å²) in [6.07, 6.45) is 1.51. The number of nitrogens with one attached hydrogen (secondary N) is 1. The van der Waals surface area contributed by atoms with Gasteiger partial charge in [-0.05, 0) is 58.7 Å². The molecule has 1 heterocycles. The number of rotatable bonds is 3. The van der Waals surface area contributed by atoms with Crippen molar-refractivity contribution < 1.29 is 13.2 Å². The van der Waals surface area contributed by atoms with Gasteiger partial charge in [-0.1, -0.05) is 0 Å². The summed E-state index contributed by atoms with van der Waals surface area (Å²) in [6, 6.07) is 7.62. The number of aromatic nitrogens is 1. The quantitative estimate of drug-likeness (QED) is 0.817. The van der Waals surface area contributed by atoms with E-state index in [-0.39, 0.29) is 10.6 Å². The fraction of sp³-hybridized carbons (Fsp3) is 0.0769. The van der Waals surface area contributed by atoms with Crippen LogP contribution in [0.4, 0.5) is 5.69 Å². The number of hydrogen-bond acceptors (Lipinski definition) is 4. The predicted molar refractivity (Wildman–Crippen MR) is 84.1 cm³/mol. The number of halogens is 2. The lowest BCUT2D eigenvalue weighted by atomic mass is 10.2. The first kappa shape index (κ1) is 15.9. The van der Waals surface area contributed by atoms with Crippen LogP contribution < -0.4 is 5.32 Å². The van der Waals surface area contributed by atoms with Crippen LogP contribution in [-0.4, -0.2) is 19.3 Å². The molecule has 0 spiro atoms. The van der Waals surface area contributed by atoms with Crippen LogP contribution in [0.5, 0.6) is 0 Å². The molecule has 0 saturated heterocycles. The Morgan fingerprint density at radius 2 is 2.05 bits per heavy atom. The highest BCUT2D eigenvalue weighted by atomic mass is 79.9. The SMILES string of the molecule is Cc1cc(S(=O)(=O)Cl)ccc1NC(=O)c1ncccc1Br. The zero-order chi connectivity index (χ0) is 15.6. The molecule has 0 radical (unpaired) electrons. The molecular formula is C13H10BrClN2O3S. The average molecular weight is 390 g/mol. The van der Waals surface area contributed by atoms with Gasteiger partial charge in [-0.3, -0.25) is 4.79 Å². The van der Waals surface area contributed by atoms with Crippen molar-refractivity contribution in [3.05, 3.63) is 52.3 Å². The highest BCUT2D eigenvalue weighted by molar-refractivity contribution is 9.10. The number of hydrogen-bond donors (Lipinski definition) is 1. The number of carbonyl (C=O) groups is 1. The molecule has 0 aliphatic carbocycles. The number of nitrogens with zero attached hydrogens (tertiary/aromatic N) is 1. The smallest absolute Gasteiger partial charge is 0.275 e. The van der Waals surface area contributed by atoms with E-state index in [1.807, 2.05) is 0 Å². The zero-order valence-electron chi connectivity index (χ0n) is 10.8. The number of amides is 1. The molecule has 0 aliphatic heterocycles. The Kier molecular flexibility index (Phi) is 4.65. The van der Waals surface area contributed by atoms with Crippen molar-refractivity contribution >= 4 is 47.3 Å². The third-order valence-corrected chi connectivity index (χ3v) is 4.69. The lowest BCUT2D eigenvalue weighted by Gasteiger charge is -2.09. The Morgan fingerprint density at radius 3 is 2.62 bits per heavy atom. The molecule has 0 unspecified atom stereocenters. The number of pyridine rings is 1. The van der Waals surface area contributed by atoms with Crippen molar-refractivity contribution in [3.63, 3.8) is 0 Å². The molecular weight excluding hydrogens is 380 g/mol.